The number of aliphatic hydroxyl groups is 1. The average molecular weight is 393 g/mol. The van der Waals surface area contributed by atoms with Crippen molar-refractivity contribution in [2.75, 3.05) is 40.9 Å². The van der Waals surface area contributed by atoms with Gasteiger partial charge in [-0.3, -0.25) is 0 Å². The van der Waals surface area contributed by atoms with Gasteiger partial charge >= 0.3 is 0 Å². The fourth-order valence-electron chi connectivity index (χ4n) is 2.76. The van der Waals surface area contributed by atoms with E-state index in [2.05, 4.69) is 22.3 Å². The van der Waals surface area contributed by atoms with E-state index >= 15 is 0 Å². The Kier molecular flexibility index (Phi) is 9.04. The molecule has 2 aromatic carbocycles. The van der Waals surface area contributed by atoms with Gasteiger partial charge in [-0.2, -0.15) is 0 Å². The van der Waals surface area contributed by atoms with Gasteiger partial charge in [-0.25, -0.2) is 0 Å². The van der Waals surface area contributed by atoms with E-state index in [1.54, 1.807) is 7.11 Å². The van der Waals surface area contributed by atoms with Crippen molar-refractivity contribution >= 4 is 11.6 Å². The molecule has 0 aromatic heterocycles. The number of likely N-dealkylation sites (N-methyl/N-ethyl adjacent to an activating group) is 1. The molecule has 6 heteroatoms. The second-order valence-electron chi connectivity index (χ2n) is 6.71. The van der Waals surface area contributed by atoms with Crippen molar-refractivity contribution in [3.05, 3.63) is 64.7 Å². The number of rotatable bonds is 11. The molecule has 0 radical (unpaired) electrons. The third-order valence-corrected chi connectivity index (χ3v) is 4.59. The van der Waals surface area contributed by atoms with Crippen LogP contribution in [-0.4, -0.2) is 57.0 Å². The number of methoxy groups -OCH3 is 1. The lowest BCUT2D eigenvalue weighted by Crippen LogP contribution is -2.36. The normalized spacial score (nSPS) is 13.6. The largest absolute Gasteiger partial charge is 0.497 e. The van der Waals surface area contributed by atoms with Gasteiger partial charge in [-0.05, 0) is 49.5 Å². The lowest BCUT2D eigenvalue weighted by Gasteiger charge is -2.26. The second-order valence-corrected chi connectivity index (χ2v) is 7.14. The first kappa shape index (κ1) is 21.7. The number of halogens is 1. The summed E-state index contributed by atoms with van der Waals surface area (Å²) in [6.07, 6.45) is -0.559. The van der Waals surface area contributed by atoms with Crippen LogP contribution in [0.3, 0.4) is 0 Å². The zero-order valence-electron chi connectivity index (χ0n) is 16.2. The van der Waals surface area contributed by atoms with Gasteiger partial charge in [-0.1, -0.05) is 35.9 Å². The molecule has 0 aliphatic heterocycles. The molecular weight excluding hydrogens is 364 g/mol. The fraction of sp³-hybridized carbons (Fsp3) is 0.429. The van der Waals surface area contributed by atoms with Crippen molar-refractivity contribution < 1.29 is 14.6 Å². The highest BCUT2D eigenvalue weighted by molar-refractivity contribution is 6.30. The highest BCUT2D eigenvalue weighted by Gasteiger charge is 2.14. The maximum Gasteiger partial charge on any atom is 0.118 e. The first-order chi connectivity index (χ1) is 13.0. The quantitative estimate of drug-likeness (QED) is 0.615. The predicted molar refractivity (Wildman–Crippen MR) is 109 cm³/mol. The Morgan fingerprint density at radius 1 is 1.04 bits per heavy atom. The Morgan fingerprint density at radius 2 is 1.70 bits per heavy atom. The molecule has 0 heterocycles. The summed E-state index contributed by atoms with van der Waals surface area (Å²) in [6, 6.07) is 15.8. The minimum atomic E-state index is -0.559. The lowest BCUT2D eigenvalue weighted by atomic mass is 10.1. The Morgan fingerprint density at radius 3 is 2.30 bits per heavy atom. The summed E-state index contributed by atoms with van der Waals surface area (Å²) in [5, 5.41) is 14.2. The summed E-state index contributed by atoms with van der Waals surface area (Å²) in [4.78, 5) is 2.15. The number of nitrogens with one attached hydrogen (secondary N) is 1. The number of benzene rings is 2. The molecule has 0 aliphatic carbocycles. The molecule has 0 fully saturated rings. The Bertz CT molecular complexity index is 662. The van der Waals surface area contributed by atoms with Crippen molar-refractivity contribution in [1.82, 2.24) is 10.2 Å². The van der Waals surface area contributed by atoms with E-state index in [4.69, 9.17) is 21.1 Å². The molecule has 2 aromatic rings. The third-order valence-electron chi connectivity index (χ3n) is 4.33. The predicted octanol–water partition coefficient (Wildman–Crippen LogP) is 3.12. The van der Waals surface area contributed by atoms with Crippen molar-refractivity contribution in [2.24, 2.45) is 0 Å². The molecular formula is C21H29ClN2O3. The summed E-state index contributed by atoms with van der Waals surface area (Å²) < 4.78 is 10.8. The van der Waals surface area contributed by atoms with Crippen LogP contribution in [0.15, 0.2) is 48.5 Å². The van der Waals surface area contributed by atoms with Gasteiger partial charge in [-0.15, -0.1) is 0 Å². The molecule has 0 spiro atoms. The average Bonchev–Trinajstić information content (AvgIpc) is 2.67. The first-order valence-corrected chi connectivity index (χ1v) is 9.38. The Labute approximate surface area is 166 Å². The molecule has 2 atom stereocenters. The van der Waals surface area contributed by atoms with E-state index in [0.29, 0.717) is 18.2 Å². The van der Waals surface area contributed by atoms with Crippen LogP contribution in [0.5, 0.6) is 5.75 Å². The van der Waals surface area contributed by atoms with Crippen molar-refractivity contribution in [1.29, 1.82) is 0 Å². The van der Waals surface area contributed by atoms with Crippen LogP contribution >= 0.6 is 11.6 Å². The summed E-state index contributed by atoms with van der Waals surface area (Å²) in [5.41, 5.74) is 2.23. The summed E-state index contributed by atoms with van der Waals surface area (Å²) in [6.45, 7) is 1.94. The van der Waals surface area contributed by atoms with E-state index in [1.807, 2.05) is 50.5 Å². The zero-order chi connectivity index (χ0) is 19.6. The Hall–Kier alpha value is -1.63. The Balaban J connectivity index is 1.72. The monoisotopic (exact) mass is 392 g/mol. The molecule has 0 aliphatic rings. The maximum atomic E-state index is 10.1. The fourth-order valence-corrected chi connectivity index (χ4v) is 2.89. The SMILES string of the molecule is COc1ccc(C(CNCC(O)COCc2ccc(Cl)cc2)N(C)C)cc1. The number of aliphatic hydroxyl groups excluding tert-OH is 1. The molecule has 2 N–H and O–H groups in total. The van der Waals surface area contributed by atoms with Crippen LogP contribution < -0.4 is 10.1 Å². The van der Waals surface area contributed by atoms with Crippen LogP contribution in [0.4, 0.5) is 0 Å². The van der Waals surface area contributed by atoms with Crippen LogP contribution in [0, 0.1) is 0 Å². The minimum absolute atomic E-state index is 0.207. The van der Waals surface area contributed by atoms with Gasteiger partial charge in [0, 0.05) is 24.2 Å². The van der Waals surface area contributed by atoms with E-state index in [9.17, 15) is 5.11 Å². The molecule has 27 heavy (non-hydrogen) atoms. The molecule has 0 bridgehead atoms. The van der Waals surface area contributed by atoms with Crippen molar-refractivity contribution in [3.8, 4) is 5.75 Å². The van der Waals surface area contributed by atoms with Gasteiger partial charge in [0.15, 0.2) is 0 Å². The van der Waals surface area contributed by atoms with E-state index in [-0.39, 0.29) is 12.6 Å². The van der Waals surface area contributed by atoms with Crippen LogP contribution in [0.2, 0.25) is 5.02 Å². The number of ether oxygens (including phenoxy) is 2. The standard InChI is InChI=1S/C21H29ClN2O3/c1-24(2)21(17-6-10-20(26-3)11-7-17)13-23-12-19(25)15-27-14-16-4-8-18(22)9-5-16/h4-11,19,21,23,25H,12-15H2,1-3H3. The first-order valence-electron chi connectivity index (χ1n) is 9.01. The molecule has 2 unspecified atom stereocenters. The second kappa shape index (κ2) is 11.3. The van der Waals surface area contributed by atoms with Gasteiger partial charge in [0.05, 0.1) is 26.4 Å². The summed E-state index contributed by atoms with van der Waals surface area (Å²) >= 11 is 5.86. The van der Waals surface area contributed by atoms with Crippen LogP contribution in [0.25, 0.3) is 0 Å². The highest BCUT2D eigenvalue weighted by Crippen LogP contribution is 2.20. The molecule has 0 amide bonds. The van der Waals surface area contributed by atoms with Gasteiger partial charge < -0.3 is 24.8 Å². The molecule has 0 saturated carbocycles. The van der Waals surface area contributed by atoms with Crippen LogP contribution in [-0.2, 0) is 11.3 Å². The maximum absolute atomic E-state index is 10.1. The number of hydrogen-bond acceptors (Lipinski definition) is 5. The van der Waals surface area contributed by atoms with E-state index in [1.165, 1.54) is 5.56 Å². The third kappa shape index (κ3) is 7.48. The van der Waals surface area contributed by atoms with Gasteiger partial charge in [0.25, 0.3) is 0 Å². The van der Waals surface area contributed by atoms with Gasteiger partial charge in [0.2, 0.25) is 0 Å². The van der Waals surface area contributed by atoms with Crippen molar-refractivity contribution in [2.45, 2.75) is 18.8 Å². The van der Waals surface area contributed by atoms with Crippen molar-refractivity contribution in [3.63, 3.8) is 0 Å². The molecule has 2 rings (SSSR count). The number of hydrogen-bond donors (Lipinski definition) is 2. The van der Waals surface area contributed by atoms with Gasteiger partial charge in [0.1, 0.15) is 5.75 Å². The highest BCUT2D eigenvalue weighted by atomic mass is 35.5. The number of nitrogens with zero attached hydrogens (tertiary/aromatic N) is 1. The summed E-state index contributed by atoms with van der Waals surface area (Å²) in [7, 11) is 5.75. The zero-order valence-corrected chi connectivity index (χ0v) is 16.9. The molecule has 0 saturated heterocycles. The minimum Gasteiger partial charge on any atom is -0.497 e. The lowest BCUT2D eigenvalue weighted by molar-refractivity contribution is 0.0283. The molecule has 148 valence electrons. The van der Waals surface area contributed by atoms with E-state index in [0.717, 1.165) is 17.9 Å². The molecule has 5 nitrogen and oxygen atoms in total. The summed E-state index contributed by atoms with van der Waals surface area (Å²) in [5.74, 6) is 0.845. The van der Waals surface area contributed by atoms with Crippen LogP contribution in [0.1, 0.15) is 17.2 Å². The smallest absolute Gasteiger partial charge is 0.118 e. The van der Waals surface area contributed by atoms with E-state index < -0.39 is 6.10 Å². The topological polar surface area (TPSA) is 54.0 Å².